The summed E-state index contributed by atoms with van der Waals surface area (Å²) in [5.41, 5.74) is -1.18. The maximum Gasteiger partial charge on any atom is 0.330 e. The highest BCUT2D eigenvalue weighted by molar-refractivity contribution is 9.10. The molecular formula is C12H12BrN3O4. The molecule has 0 amide bonds. The summed E-state index contributed by atoms with van der Waals surface area (Å²) < 4.78 is 6.91. The highest BCUT2D eigenvalue weighted by Crippen LogP contribution is 2.32. The lowest BCUT2D eigenvalue weighted by Gasteiger charge is -2.17. The smallest absolute Gasteiger partial charge is 0.330 e. The molecule has 1 fully saturated rings. The van der Waals surface area contributed by atoms with E-state index in [2.05, 4.69) is 27.5 Å². The number of hydrogen-bond acceptors (Lipinski definition) is 5. The minimum absolute atomic E-state index is 0.148. The number of nitrogens with zero attached hydrogens (tertiary/aromatic N) is 2. The van der Waals surface area contributed by atoms with Crippen molar-refractivity contribution in [2.24, 2.45) is 5.92 Å². The molecular weight excluding hydrogens is 330 g/mol. The van der Waals surface area contributed by atoms with Crippen molar-refractivity contribution >= 4 is 15.9 Å². The molecule has 8 heteroatoms. The van der Waals surface area contributed by atoms with Gasteiger partial charge in [-0.2, -0.15) is 5.26 Å². The van der Waals surface area contributed by atoms with Gasteiger partial charge < -0.3 is 9.84 Å². The first kappa shape index (κ1) is 14.7. The van der Waals surface area contributed by atoms with Crippen LogP contribution in [0.1, 0.15) is 12.6 Å². The average Bonchev–Trinajstić information content (AvgIpc) is 2.78. The lowest BCUT2D eigenvalue weighted by atomic mass is 9.99. The van der Waals surface area contributed by atoms with Gasteiger partial charge in [0.1, 0.15) is 12.3 Å². The van der Waals surface area contributed by atoms with Crippen LogP contribution in [0.4, 0.5) is 0 Å². The molecule has 20 heavy (non-hydrogen) atoms. The third-order valence-electron chi connectivity index (χ3n) is 3.13. The SMILES string of the molecule is C=CC(C#N)[C@H]1O[C@@H](n2cc(Br)c(=O)[nH]c2=O)C[C@@H]1O. The lowest BCUT2D eigenvalue weighted by Crippen LogP contribution is -2.33. The van der Waals surface area contributed by atoms with E-state index in [1.165, 1.54) is 16.8 Å². The van der Waals surface area contributed by atoms with E-state index in [-0.39, 0.29) is 10.9 Å². The number of nitriles is 1. The first-order valence-corrected chi connectivity index (χ1v) is 6.64. The van der Waals surface area contributed by atoms with Crippen molar-refractivity contribution in [1.29, 1.82) is 5.26 Å². The fourth-order valence-corrected chi connectivity index (χ4v) is 2.43. The minimum Gasteiger partial charge on any atom is -0.390 e. The van der Waals surface area contributed by atoms with E-state index in [1.807, 2.05) is 6.07 Å². The van der Waals surface area contributed by atoms with Gasteiger partial charge in [-0.05, 0) is 15.9 Å². The van der Waals surface area contributed by atoms with Gasteiger partial charge in [0.25, 0.3) is 5.56 Å². The van der Waals surface area contributed by atoms with Gasteiger partial charge in [-0.3, -0.25) is 14.3 Å². The summed E-state index contributed by atoms with van der Waals surface area (Å²) in [5, 5.41) is 18.9. The Morgan fingerprint density at radius 1 is 1.70 bits per heavy atom. The molecule has 1 aliphatic rings. The summed E-state index contributed by atoms with van der Waals surface area (Å²) in [6.45, 7) is 3.51. The average molecular weight is 342 g/mol. The topological polar surface area (TPSA) is 108 Å². The van der Waals surface area contributed by atoms with Crippen LogP contribution in [0.5, 0.6) is 0 Å². The quantitative estimate of drug-likeness (QED) is 0.767. The number of hydrogen-bond donors (Lipinski definition) is 2. The van der Waals surface area contributed by atoms with Crippen LogP contribution in [0.15, 0.2) is 32.9 Å². The van der Waals surface area contributed by atoms with Crippen LogP contribution in [0.25, 0.3) is 0 Å². The lowest BCUT2D eigenvalue weighted by molar-refractivity contribution is -0.0313. The molecule has 0 bridgehead atoms. The zero-order valence-electron chi connectivity index (χ0n) is 10.3. The second-order valence-electron chi connectivity index (χ2n) is 4.39. The van der Waals surface area contributed by atoms with Gasteiger partial charge in [0.05, 0.1) is 22.6 Å². The van der Waals surface area contributed by atoms with Crippen LogP contribution in [0, 0.1) is 17.2 Å². The fourth-order valence-electron chi connectivity index (χ4n) is 2.11. The van der Waals surface area contributed by atoms with Crippen molar-refractivity contribution < 1.29 is 9.84 Å². The maximum atomic E-state index is 11.7. The van der Waals surface area contributed by atoms with Crippen molar-refractivity contribution in [3.05, 3.63) is 44.2 Å². The number of H-pyrrole nitrogens is 1. The molecule has 1 aliphatic heterocycles. The highest BCUT2D eigenvalue weighted by atomic mass is 79.9. The number of halogens is 1. The third kappa shape index (κ3) is 2.60. The molecule has 1 unspecified atom stereocenters. The van der Waals surface area contributed by atoms with Gasteiger partial charge in [0, 0.05) is 12.6 Å². The van der Waals surface area contributed by atoms with Crippen molar-refractivity contribution in [2.45, 2.75) is 24.9 Å². The van der Waals surface area contributed by atoms with E-state index in [0.29, 0.717) is 0 Å². The molecule has 1 saturated heterocycles. The summed E-state index contributed by atoms with van der Waals surface area (Å²) >= 11 is 3.02. The van der Waals surface area contributed by atoms with Crippen molar-refractivity contribution in [3.8, 4) is 6.07 Å². The van der Waals surface area contributed by atoms with Crippen molar-refractivity contribution in [2.75, 3.05) is 0 Å². The Balaban J connectivity index is 2.32. The summed E-state index contributed by atoms with van der Waals surface area (Å²) in [6.07, 6.45) is 0.458. The maximum absolute atomic E-state index is 11.7. The molecule has 0 spiro atoms. The van der Waals surface area contributed by atoms with E-state index < -0.39 is 35.6 Å². The van der Waals surface area contributed by atoms with Crippen molar-refractivity contribution in [3.63, 3.8) is 0 Å². The van der Waals surface area contributed by atoms with Gasteiger partial charge in [-0.15, -0.1) is 6.58 Å². The number of aliphatic hydroxyl groups is 1. The van der Waals surface area contributed by atoms with Crippen LogP contribution in [-0.2, 0) is 4.74 Å². The Morgan fingerprint density at radius 2 is 2.40 bits per heavy atom. The van der Waals surface area contributed by atoms with Gasteiger partial charge >= 0.3 is 5.69 Å². The largest absolute Gasteiger partial charge is 0.390 e. The second-order valence-corrected chi connectivity index (χ2v) is 5.25. The zero-order valence-corrected chi connectivity index (χ0v) is 11.9. The van der Waals surface area contributed by atoms with Crippen LogP contribution >= 0.6 is 15.9 Å². The first-order chi connectivity index (χ1) is 9.47. The number of ether oxygens (including phenoxy) is 1. The second kappa shape index (κ2) is 5.75. The van der Waals surface area contributed by atoms with E-state index in [1.54, 1.807) is 0 Å². The molecule has 2 N–H and O–H groups in total. The Bertz CT molecular complexity index is 675. The van der Waals surface area contributed by atoms with E-state index in [0.717, 1.165) is 0 Å². The molecule has 0 radical (unpaired) electrons. The monoisotopic (exact) mass is 341 g/mol. The normalized spacial score (nSPS) is 26.9. The summed E-state index contributed by atoms with van der Waals surface area (Å²) in [6, 6.07) is 1.97. The van der Waals surface area contributed by atoms with E-state index in [9.17, 15) is 14.7 Å². The third-order valence-corrected chi connectivity index (χ3v) is 3.69. The first-order valence-electron chi connectivity index (χ1n) is 5.84. The van der Waals surface area contributed by atoms with Gasteiger partial charge in [0.2, 0.25) is 0 Å². The molecule has 0 aromatic carbocycles. The van der Waals surface area contributed by atoms with Crippen LogP contribution in [0.3, 0.4) is 0 Å². The standard InChI is InChI=1S/C12H12BrN3O4/c1-2-6(4-14)10-8(17)3-9(20-10)16-5-7(13)11(18)15-12(16)19/h2,5-6,8-10,17H,1,3H2,(H,15,18,19)/t6?,8-,9+,10+/m0/s1. The van der Waals surface area contributed by atoms with Gasteiger partial charge in [-0.25, -0.2) is 4.79 Å². The number of aromatic amines is 1. The summed E-state index contributed by atoms with van der Waals surface area (Å²) in [4.78, 5) is 25.1. The Labute approximate surface area is 122 Å². The number of rotatable bonds is 3. The van der Waals surface area contributed by atoms with Crippen LogP contribution in [0.2, 0.25) is 0 Å². The number of aliphatic hydroxyl groups excluding tert-OH is 1. The Hall–Kier alpha value is -1.69. The van der Waals surface area contributed by atoms with Gasteiger partial charge in [-0.1, -0.05) is 6.08 Å². The highest BCUT2D eigenvalue weighted by Gasteiger charge is 2.39. The molecule has 2 rings (SSSR count). The summed E-state index contributed by atoms with van der Waals surface area (Å²) in [5.74, 6) is -0.670. The number of nitrogens with one attached hydrogen (secondary N) is 1. The molecule has 106 valence electrons. The number of aromatic nitrogens is 2. The minimum atomic E-state index is -0.889. The summed E-state index contributed by atoms with van der Waals surface area (Å²) in [7, 11) is 0. The van der Waals surface area contributed by atoms with Crippen LogP contribution < -0.4 is 11.2 Å². The molecule has 0 saturated carbocycles. The Kier molecular flexibility index (Phi) is 4.23. The fraction of sp³-hybridized carbons (Fsp3) is 0.417. The van der Waals surface area contributed by atoms with E-state index >= 15 is 0 Å². The predicted octanol–water partition coefficient (Wildman–Crippen LogP) is 0.273. The molecule has 1 aromatic rings. The zero-order chi connectivity index (χ0) is 14.9. The van der Waals surface area contributed by atoms with Gasteiger partial charge in [0.15, 0.2) is 0 Å². The van der Waals surface area contributed by atoms with Crippen LogP contribution in [-0.4, -0.2) is 26.9 Å². The van der Waals surface area contributed by atoms with Crippen molar-refractivity contribution in [1.82, 2.24) is 9.55 Å². The van der Waals surface area contributed by atoms with E-state index in [4.69, 9.17) is 10.00 Å². The predicted molar refractivity (Wildman–Crippen MR) is 72.9 cm³/mol. The molecule has 2 heterocycles. The molecule has 4 atom stereocenters. The molecule has 7 nitrogen and oxygen atoms in total. The molecule has 0 aliphatic carbocycles. The molecule has 1 aromatic heterocycles. The Morgan fingerprint density at radius 3 is 3.00 bits per heavy atom.